The van der Waals surface area contributed by atoms with Crippen molar-refractivity contribution in [2.45, 2.75) is 161 Å². The van der Waals surface area contributed by atoms with Crippen LogP contribution < -0.4 is 15.4 Å². The zero-order valence-electron chi connectivity index (χ0n) is 34.3. The number of methoxy groups -OCH3 is 1. The van der Waals surface area contributed by atoms with Crippen molar-refractivity contribution in [2.24, 2.45) is 34.5 Å². The van der Waals surface area contributed by atoms with Crippen molar-refractivity contribution in [1.29, 1.82) is 0 Å². The molecule has 2 N–H and O–H groups in total. The highest BCUT2D eigenvalue weighted by molar-refractivity contribution is 6.74. The lowest BCUT2D eigenvalue weighted by Crippen LogP contribution is -2.55. The second kappa shape index (κ2) is 15.8. The summed E-state index contributed by atoms with van der Waals surface area (Å²) >= 11 is 0. The maximum Gasteiger partial charge on any atom is 0.306 e. The number of fused-ring (bicyclic) bond motifs is 6. The highest BCUT2D eigenvalue weighted by Gasteiger charge is 2.61. The Morgan fingerprint density at radius 3 is 2.51 bits per heavy atom. The van der Waals surface area contributed by atoms with E-state index in [1.807, 2.05) is 24.3 Å². The quantitative estimate of drug-likeness (QED) is 0.120. The van der Waals surface area contributed by atoms with Crippen LogP contribution in [0.15, 0.2) is 30.5 Å². The van der Waals surface area contributed by atoms with Crippen LogP contribution in [-0.2, 0) is 18.8 Å². The molecule has 4 saturated carbocycles. The fourth-order valence-corrected chi connectivity index (χ4v) is 12.4. The van der Waals surface area contributed by atoms with Crippen molar-refractivity contribution in [3.8, 4) is 5.75 Å². The van der Waals surface area contributed by atoms with E-state index >= 15 is 0 Å². The number of nitrogens with zero attached hydrogens (tertiary/aromatic N) is 1. The maximum atomic E-state index is 13.1. The van der Waals surface area contributed by atoms with Gasteiger partial charge in [-0.15, -0.1) is 0 Å². The molecule has 9 heteroatoms. The summed E-state index contributed by atoms with van der Waals surface area (Å²) in [6.45, 7) is 19.6. The number of esters is 1. The Balaban J connectivity index is 0.924. The second-order valence-corrected chi connectivity index (χ2v) is 24.1. The van der Waals surface area contributed by atoms with E-state index in [0.717, 1.165) is 72.2 Å². The Labute approximate surface area is 320 Å². The van der Waals surface area contributed by atoms with Crippen LogP contribution in [0.25, 0.3) is 10.9 Å². The number of hydrogen-bond acceptors (Lipinski definition) is 7. The number of aromatic nitrogens is 1. The van der Waals surface area contributed by atoms with E-state index < -0.39 is 8.32 Å². The Hall–Kier alpha value is -2.65. The van der Waals surface area contributed by atoms with Gasteiger partial charge in [-0.05, 0) is 137 Å². The number of rotatable bonds is 13. The standard InChI is InChI=1S/C44H69N3O5Si/c1-29(47-37-28-33(50-7)26-30-13-11-25-46-41(30)37)12-10-24-45-39(48)18-19-40(49)51-38-17-16-35-34-15-14-31-27-32(52-53(8,9)42(2,3)4)20-22-43(31,5)36(34)21-23-44(35,38)6/h11,13,25-26,28-29,31-32,34-36,38,47H,10,12,14-24,27H2,1-9H3,(H,45,48)/t29?,31-,32?,34+,35+,36+,38+,43+,44+/m1/s1. The van der Waals surface area contributed by atoms with Gasteiger partial charge in [-0.1, -0.05) is 40.7 Å². The molecule has 2 unspecified atom stereocenters. The highest BCUT2D eigenvalue weighted by Crippen LogP contribution is 2.67. The summed E-state index contributed by atoms with van der Waals surface area (Å²) in [7, 11) is -0.101. The first-order valence-corrected chi connectivity index (χ1v) is 23.8. The van der Waals surface area contributed by atoms with Crippen LogP contribution in [0.2, 0.25) is 18.1 Å². The summed E-state index contributed by atoms with van der Waals surface area (Å²) in [6, 6.07) is 8.11. The van der Waals surface area contributed by atoms with E-state index in [-0.39, 0.29) is 47.3 Å². The molecule has 8 nitrogen and oxygen atoms in total. The van der Waals surface area contributed by atoms with Gasteiger partial charge in [-0.25, -0.2) is 0 Å². The third kappa shape index (κ3) is 8.46. The van der Waals surface area contributed by atoms with Gasteiger partial charge in [-0.2, -0.15) is 0 Å². The predicted molar refractivity (Wildman–Crippen MR) is 217 cm³/mol. The van der Waals surface area contributed by atoms with Crippen LogP contribution in [0, 0.1) is 34.5 Å². The normalized spacial score (nSPS) is 31.9. The summed E-state index contributed by atoms with van der Waals surface area (Å²) in [4.78, 5) is 30.4. The van der Waals surface area contributed by atoms with E-state index in [4.69, 9.17) is 13.9 Å². The smallest absolute Gasteiger partial charge is 0.306 e. The van der Waals surface area contributed by atoms with Gasteiger partial charge in [0, 0.05) is 48.2 Å². The van der Waals surface area contributed by atoms with E-state index in [0.29, 0.717) is 24.0 Å². The van der Waals surface area contributed by atoms with Crippen molar-refractivity contribution in [3.63, 3.8) is 0 Å². The zero-order chi connectivity index (χ0) is 38.2. The molecule has 1 amide bonds. The Morgan fingerprint density at radius 2 is 1.75 bits per heavy atom. The van der Waals surface area contributed by atoms with Gasteiger partial charge in [0.15, 0.2) is 8.32 Å². The average molecular weight is 748 g/mol. The third-order valence-electron chi connectivity index (χ3n) is 15.1. The minimum Gasteiger partial charge on any atom is -0.497 e. The van der Waals surface area contributed by atoms with Gasteiger partial charge in [0.05, 0.1) is 24.7 Å². The molecule has 0 spiro atoms. The van der Waals surface area contributed by atoms with Crippen molar-refractivity contribution >= 4 is 36.8 Å². The average Bonchev–Trinajstić information content (AvgIpc) is 3.44. The largest absolute Gasteiger partial charge is 0.497 e. The van der Waals surface area contributed by atoms with Gasteiger partial charge >= 0.3 is 5.97 Å². The summed E-state index contributed by atoms with van der Waals surface area (Å²) in [5, 5.41) is 7.86. The number of benzene rings is 1. The van der Waals surface area contributed by atoms with Gasteiger partial charge in [-0.3, -0.25) is 14.6 Å². The Bertz CT molecular complexity index is 1610. The first-order chi connectivity index (χ1) is 25.0. The molecule has 0 saturated heterocycles. The predicted octanol–water partition coefficient (Wildman–Crippen LogP) is 10.1. The highest BCUT2D eigenvalue weighted by atomic mass is 28.4. The summed E-state index contributed by atoms with van der Waals surface area (Å²) in [5.74, 6) is 3.36. The van der Waals surface area contributed by atoms with Crippen molar-refractivity contribution in [2.75, 3.05) is 19.0 Å². The molecule has 4 aliphatic carbocycles. The molecular formula is C44H69N3O5Si. The SMILES string of the molecule is COc1cc(NC(C)CCCNC(=O)CCC(=O)O[C@H]2CC[C@H]3[C@@H]4CC[C@@H]5CC(O[Si](C)(C)C(C)(C)C)CC[C@]5(C)[C@H]4CC[C@]23C)c2ncccc2c1. The van der Waals surface area contributed by atoms with Crippen LogP contribution in [0.3, 0.4) is 0 Å². The Morgan fingerprint density at radius 1 is 1.00 bits per heavy atom. The molecule has 1 heterocycles. The molecule has 6 rings (SSSR count). The summed E-state index contributed by atoms with van der Waals surface area (Å²) in [6.07, 6.45) is 15.1. The number of nitrogens with one attached hydrogen (secondary N) is 2. The number of anilines is 1. The molecule has 0 bridgehead atoms. The molecule has 294 valence electrons. The van der Waals surface area contributed by atoms with Gasteiger partial charge < -0.3 is 24.5 Å². The Kier molecular flexibility index (Phi) is 12.0. The van der Waals surface area contributed by atoms with Gasteiger partial charge in [0.1, 0.15) is 11.9 Å². The minimum atomic E-state index is -1.77. The van der Waals surface area contributed by atoms with E-state index in [9.17, 15) is 9.59 Å². The van der Waals surface area contributed by atoms with Crippen LogP contribution in [-0.4, -0.2) is 57.1 Å². The summed E-state index contributed by atoms with van der Waals surface area (Å²) < 4.78 is 18.7. The first kappa shape index (κ1) is 40.0. The van der Waals surface area contributed by atoms with Crippen molar-refractivity contribution in [1.82, 2.24) is 10.3 Å². The molecular weight excluding hydrogens is 679 g/mol. The number of pyridine rings is 1. The van der Waals surface area contributed by atoms with Crippen molar-refractivity contribution in [3.05, 3.63) is 30.5 Å². The van der Waals surface area contributed by atoms with Crippen LogP contribution in [0.4, 0.5) is 5.69 Å². The summed E-state index contributed by atoms with van der Waals surface area (Å²) in [5.41, 5.74) is 2.30. The zero-order valence-corrected chi connectivity index (χ0v) is 35.3. The number of hydrogen-bond donors (Lipinski definition) is 2. The second-order valence-electron chi connectivity index (χ2n) is 19.3. The van der Waals surface area contributed by atoms with E-state index in [2.05, 4.69) is 70.3 Å². The fraction of sp³-hybridized carbons (Fsp3) is 0.750. The molecule has 4 fully saturated rings. The molecule has 4 aliphatic rings. The van der Waals surface area contributed by atoms with Crippen LogP contribution in [0.1, 0.15) is 125 Å². The molecule has 53 heavy (non-hydrogen) atoms. The molecule has 0 aliphatic heterocycles. The lowest BCUT2D eigenvalue weighted by molar-refractivity contribution is -0.165. The van der Waals surface area contributed by atoms with E-state index in [1.54, 1.807) is 13.3 Å². The number of amides is 1. The van der Waals surface area contributed by atoms with Gasteiger partial charge in [0.2, 0.25) is 5.91 Å². The molecule has 1 aromatic carbocycles. The number of carbonyl (C=O) groups is 2. The minimum absolute atomic E-state index is 0.0332. The van der Waals surface area contributed by atoms with Crippen molar-refractivity contribution < 1.29 is 23.5 Å². The topological polar surface area (TPSA) is 98.8 Å². The first-order valence-electron chi connectivity index (χ1n) is 20.9. The maximum absolute atomic E-state index is 13.1. The lowest BCUT2D eigenvalue weighted by Gasteiger charge is -2.61. The lowest BCUT2D eigenvalue weighted by atomic mass is 9.45. The van der Waals surface area contributed by atoms with Crippen LogP contribution >= 0.6 is 0 Å². The van der Waals surface area contributed by atoms with Crippen LogP contribution in [0.5, 0.6) is 5.75 Å². The molecule has 2 aromatic rings. The van der Waals surface area contributed by atoms with E-state index in [1.165, 1.54) is 38.5 Å². The molecule has 9 atom stereocenters. The monoisotopic (exact) mass is 748 g/mol. The number of carbonyl (C=O) groups excluding carboxylic acids is 2. The fourth-order valence-electron chi connectivity index (χ4n) is 11.0. The third-order valence-corrected chi connectivity index (χ3v) is 19.6. The molecule has 0 radical (unpaired) electrons. The number of ether oxygens (including phenoxy) is 2. The molecule has 1 aromatic heterocycles. The van der Waals surface area contributed by atoms with Gasteiger partial charge in [0.25, 0.3) is 0 Å².